The molecular formula is C8H10N4O2S3. The fourth-order valence-corrected chi connectivity index (χ4v) is 3.72. The Hall–Kier alpha value is -1.03. The number of hydrogen-bond acceptors (Lipinski definition) is 7. The van der Waals surface area contributed by atoms with Crippen molar-refractivity contribution in [3.8, 4) is 0 Å². The molecular weight excluding hydrogens is 280 g/mol. The Bertz CT molecular complexity index is 576. The van der Waals surface area contributed by atoms with Crippen LogP contribution in [0.1, 0.15) is 4.88 Å². The number of hydrogen-bond donors (Lipinski definition) is 2. The number of nitrogen functional groups attached to an aromatic ring is 1. The maximum atomic E-state index is 11.7. The van der Waals surface area contributed by atoms with E-state index < -0.39 is 10.0 Å². The summed E-state index contributed by atoms with van der Waals surface area (Å²) in [6.45, 7) is 0.336. The van der Waals surface area contributed by atoms with Gasteiger partial charge in [-0.05, 0) is 17.9 Å². The van der Waals surface area contributed by atoms with E-state index in [1.54, 1.807) is 11.3 Å². The van der Waals surface area contributed by atoms with Crippen LogP contribution in [0.2, 0.25) is 0 Å². The van der Waals surface area contributed by atoms with Crippen LogP contribution in [-0.4, -0.2) is 25.2 Å². The Morgan fingerprint density at radius 2 is 2.24 bits per heavy atom. The van der Waals surface area contributed by atoms with Gasteiger partial charge in [-0.1, -0.05) is 17.4 Å². The molecule has 17 heavy (non-hydrogen) atoms. The fourth-order valence-electron chi connectivity index (χ4n) is 1.15. The van der Waals surface area contributed by atoms with E-state index in [1.165, 1.54) is 0 Å². The fraction of sp³-hybridized carbons (Fsp3) is 0.250. The van der Waals surface area contributed by atoms with Gasteiger partial charge < -0.3 is 5.73 Å². The molecule has 0 aliphatic carbocycles. The lowest BCUT2D eigenvalue weighted by Crippen LogP contribution is -2.25. The maximum absolute atomic E-state index is 11.7. The molecule has 0 aromatic carbocycles. The molecule has 0 saturated carbocycles. The van der Waals surface area contributed by atoms with Gasteiger partial charge >= 0.3 is 0 Å². The summed E-state index contributed by atoms with van der Waals surface area (Å²) in [6, 6.07) is 3.89. The van der Waals surface area contributed by atoms with E-state index in [4.69, 9.17) is 5.73 Å². The second-order valence-corrected chi connectivity index (χ2v) is 7.12. The Labute approximate surface area is 107 Å². The Kier molecular flexibility index (Phi) is 3.72. The first kappa shape index (κ1) is 12.4. The summed E-state index contributed by atoms with van der Waals surface area (Å²) in [7, 11) is -3.57. The van der Waals surface area contributed by atoms with E-state index in [0.717, 1.165) is 16.2 Å². The number of rotatable bonds is 5. The molecule has 2 rings (SSSR count). The molecule has 0 aliphatic rings. The number of nitrogens with zero attached hydrogens (tertiary/aromatic N) is 2. The van der Waals surface area contributed by atoms with Gasteiger partial charge in [0.1, 0.15) is 0 Å². The smallest absolute Gasteiger partial charge is 0.269 e. The van der Waals surface area contributed by atoms with Crippen LogP contribution >= 0.6 is 22.7 Å². The average molecular weight is 290 g/mol. The van der Waals surface area contributed by atoms with Crippen LogP contribution in [-0.2, 0) is 16.4 Å². The molecule has 92 valence electrons. The SMILES string of the molecule is Nc1nnc(S(=O)(=O)NCCc2cccs2)s1. The van der Waals surface area contributed by atoms with Gasteiger partial charge in [-0.2, -0.15) is 0 Å². The van der Waals surface area contributed by atoms with E-state index in [2.05, 4.69) is 14.9 Å². The van der Waals surface area contributed by atoms with Crippen molar-refractivity contribution >= 4 is 37.8 Å². The van der Waals surface area contributed by atoms with Crippen LogP contribution < -0.4 is 10.5 Å². The molecule has 2 heterocycles. The molecule has 6 nitrogen and oxygen atoms in total. The first-order chi connectivity index (χ1) is 8.08. The van der Waals surface area contributed by atoms with Crippen LogP contribution in [0.15, 0.2) is 21.9 Å². The van der Waals surface area contributed by atoms with Crippen molar-refractivity contribution in [1.29, 1.82) is 0 Å². The molecule has 2 aromatic rings. The van der Waals surface area contributed by atoms with E-state index in [1.807, 2.05) is 17.5 Å². The van der Waals surface area contributed by atoms with E-state index >= 15 is 0 Å². The maximum Gasteiger partial charge on any atom is 0.269 e. The molecule has 3 N–H and O–H groups in total. The van der Waals surface area contributed by atoms with Crippen molar-refractivity contribution < 1.29 is 8.42 Å². The number of nitrogens with two attached hydrogens (primary N) is 1. The summed E-state index contributed by atoms with van der Waals surface area (Å²) < 4.78 is 25.8. The molecule has 0 unspecified atom stereocenters. The van der Waals surface area contributed by atoms with Crippen molar-refractivity contribution in [1.82, 2.24) is 14.9 Å². The second-order valence-electron chi connectivity index (χ2n) is 3.13. The Morgan fingerprint density at radius 1 is 1.41 bits per heavy atom. The van der Waals surface area contributed by atoms with Gasteiger partial charge in [0, 0.05) is 11.4 Å². The molecule has 2 aromatic heterocycles. The second kappa shape index (κ2) is 5.08. The minimum absolute atomic E-state index is 0.0961. The monoisotopic (exact) mass is 290 g/mol. The average Bonchev–Trinajstić information content (AvgIpc) is 2.89. The Morgan fingerprint density at radius 3 is 2.82 bits per heavy atom. The van der Waals surface area contributed by atoms with Gasteiger partial charge in [-0.15, -0.1) is 21.5 Å². The van der Waals surface area contributed by atoms with Crippen LogP contribution in [0.5, 0.6) is 0 Å². The van der Waals surface area contributed by atoms with Gasteiger partial charge in [0.2, 0.25) is 9.47 Å². The zero-order chi connectivity index (χ0) is 12.3. The van der Waals surface area contributed by atoms with Crippen LogP contribution in [0.4, 0.5) is 5.13 Å². The highest BCUT2D eigenvalue weighted by molar-refractivity contribution is 7.91. The number of anilines is 1. The summed E-state index contributed by atoms with van der Waals surface area (Å²) >= 11 is 2.44. The Balaban J connectivity index is 1.94. The molecule has 0 saturated heterocycles. The third-order valence-corrected chi connectivity index (χ3v) is 5.41. The summed E-state index contributed by atoms with van der Waals surface area (Å²) in [5.74, 6) is 0. The molecule has 0 amide bonds. The van der Waals surface area contributed by atoms with Crippen molar-refractivity contribution in [3.63, 3.8) is 0 Å². The normalized spacial score (nSPS) is 11.8. The molecule has 0 bridgehead atoms. The first-order valence-corrected chi connectivity index (χ1v) is 7.87. The quantitative estimate of drug-likeness (QED) is 0.845. The number of aromatic nitrogens is 2. The highest BCUT2D eigenvalue weighted by atomic mass is 32.2. The molecule has 9 heteroatoms. The molecule has 0 spiro atoms. The topological polar surface area (TPSA) is 98.0 Å². The lowest BCUT2D eigenvalue weighted by atomic mass is 10.3. The predicted molar refractivity (Wildman–Crippen MR) is 67.5 cm³/mol. The van der Waals surface area contributed by atoms with Crippen LogP contribution in [0.25, 0.3) is 0 Å². The number of nitrogens with one attached hydrogen (secondary N) is 1. The number of sulfonamides is 1. The van der Waals surface area contributed by atoms with Gasteiger partial charge in [0.25, 0.3) is 10.0 Å². The van der Waals surface area contributed by atoms with E-state index in [0.29, 0.717) is 13.0 Å². The zero-order valence-corrected chi connectivity index (χ0v) is 11.1. The van der Waals surface area contributed by atoms with Crippen LogP contribution in [0, 0.1) is 0 Å². The minimum Gasteiger partial charge on any atom is -0.374 e. The summed E-state index contributed by atoms with van der Waals surface area (Å²) in [4.78, 5) is 1.13. The third kappa shape index (κ3) is 3.22. The lowest BCUT2D eigenvalue weighted by Gasteiger charge is -2.01. The van der Waals surface area contributed by atoms with Gasteiger partial charge in [-0.25, -0.2) is 13.1 Å². The minimum atomic E-state index is -3.57. The number of thiophene rings is 1. The van der Waals surface area contributed by atoms with Crippen molar-refractivity contribution in [2.45, 2.75) is 10.8 Å². The third-order valence-electron chi connectivity index (χ3n) is 1.90. The van der Waals surface area contributed by atoms with Gasteiger partial charge in [0.05, 0.1) is 0 Å². The lowest BCUT2D eigenvalue weighted by molar-refractivity contribution is 0.580. The summed E-state index contributed by atoms with van der Waals surface area (Å²) in [6.07, 6.45) is 0.658. The van der Waals surface area contributed by atoms with E-state index in [-0.39, 0.29) is 9.47 Å². The standard InChI is InChI=1S/C8H10N4O2S3/c9-7-11-12-8(16-7)17(13,14)10-4-3-6-2-1-5-15-6/h1-2,5,10H,3-4H2,(H2,9,11). The van der Waals surface area contributed by atoms with Crippen molar-refractivity contribution in [2.75, 3.05) is 12.3 Å². The molecule has 0 radical (unpaired) electrons. The summed E-state index contributed by atoms with van der Waals surface area (Å²) in [5, 5.41) is 9.06. The first-order valence-electron chi connectivity index (χ1n) is 4.69. The molecule has 0 fully saturated rings. The van der Waals surface area contributed by atoms with Crippen molar-refractivity contribution in [3.05, 3.63) is 22.4 Å². The summed E-state index contributed by atoms with van der Waals surface area (Å²) in [5.41, 5.74) is 5.34. The van der Waals surface area contributed by atoms with Crippen LogP contribution in [0.3, 0.4) is 0 Å². The highest BCUT2D eigenvalue weighted by Crippen LogP contribution is 2.16. The predicted octanol–water partition coefficient (Wildman–Crippen LogP) is 0.703. The molecule has 0 atom stereocenters. The zero-order valence-electron chi connectivity index (χ0n) is 8.66. The van der Waals surface area contributed by atoms with Crippen molar-refractivity contribution in [2.24, 2.45) is 0 Å². The largest absolute Gasteiger partial charge is 0.374 e. The van der Waals surface area contributed by atoms with Gasteiger partial charge in [-0.3, -0.25) is 0 Å². The molecule has 0 aliphatic heterocycles. The highest BCUT2D eigenvalue weighted by Gasteiger charge is 2.18. The van der Waals surface area contributed by atoms with Gasteiger partial charge in [0.15, 0.2) is 0 Å². The van der Waals surface area contributed by atoms with E-state index in [9.17, 15) is 8.42 Å².